The molecule has 3 rings (SSSR count). The monoisotopic (exact) mass is 556 g/mol. The number of anilines is 1. The van der Waals surface area contributed by atoms with Gasteiger partial charge in [0.2, 0.25) is 0 Å². The fourth-order valence-corrected chi connectivity index (χ4v) is 6.81. The largest absolute Gasteiger partial charge is 0.449 e. The predicted molar refractivity (Wildman–Crippen MR) is 153 cm³/mol. The van der Waals surface area contributed by atoms with Crippen LogP contribution in [0.25, 0.3) is 11.1 Å². The first-order valence-electron chi connectivity index (χ1n) is 12.8. The number of carbonyl (C=O) groups excluding carboxylic acids is 2. The number of aryl methyl sites for hydroxylation is 1. The smallest absolute Gasteiger partial charge is 0.421 e. The maximum atomic E-state index is 13.2. The van der Waals surface area contributed by atoms with Crippen molar-refractivity contribution >= 4 is 38.9 Å². The molecule has 1 aromatic heterocycles. The molecule has 0 aliphatic heterocycles. The normalized spacial score (nSPS) is 11.4. The molecule has 38 heavy (non-hydrogen) atoms. The first-order chi connectivity index (χ1) is 18.0. The SMILES string of the molecule is CCCCOC(=O)NS(=O)(=O)c1sc(CC(C)C)cc1-c1cccc(CNc2ccc(C)cc2C(C)=O)c1. The van der Waals surface area contributed by atoms with E-state index in [1.165, 1.54) is 11.3 Å². The minimum Gasteiger partial charge on any atom is -0.449 e. The Bertz CT molecular complexity index is 1390. The van der Waals surface area contributed by atoms with Crippen molar-refractivity contribution in [3.63, 3.8) is 0 Å². The number of nitrogens with one attached hydrogen (secondary N) is 2. The van der Waals surface area contributed by atoms with Crippen LogP contribution in [0.15, 0.2) is 52.7 Å². The van der Waals surface area contributed by atoms with Crippen molar-refractivity contribution in [3.05, 3.63) is 70.1 Å². The van der Waals surface area contributed by atoms with E-state index in [2.05, 4.69) is 23.9 Å². The predicted octanol–water partition coefficient (Wildman–Crippen LogP) is 6.95. The lowest BCUT2D eigenvalue weighted by molar-refractivity contribution is 0.101. The lowest BCUT2D eigenvalue weighted by Crippen LogP contribution is -2.31. The van der Waals surface area contributed by atoms with Crippen molar-refractivity contribution in [2.75, 3.05) is 11.9 Å². The molecule has 204 valence electrons. The van der Waals surface area contributed by atoms with Gasteiger partial charge in [-0.3, -0.25) is 4.79 Å². The van der Waals surface area contributed by atoms with Gasteiger partial charge in [0.1, 0.15) is 4.21 Å². The Morgan fingerprint density at radius 3 is 2.53 bits per heavy atom. The molecule has 0 aliphatic carbocycles. The second-order valence-corrected chi connectivity index (χ2v) is 12.8. The van der Waals surface area contributed by atoms with E-state index in [1.807, 2.05) is 62.4 Å². The molecule has 1 amide bonds. The fraction of sp³-hybridized carbons (Fsp3) is 0.379. The summed E-state index contributed by atoms with van der Waals surface area (Å²) in [6, 6.07) is 15.2. The Labute approximate surface area is 229 Å². The average molecular weight is 557 g/mol. The van der Waals surface area contributed by atoms with Crippen LogP contribution in [-0.4, -0.2) is 26.9 Å². The summed E-state index contributed by atoms with van der Waals surface area (Å²) in [7, 11) is -4.14. The van der Waals surface area contributed by atoms with E-state index in [4.69, 9.17) is 4.74 Å². The molecule has 0 spiro atoms. The van der Waals surface area contributed by atoms with Crippen LogP contribution >= 0.6 is 11.3 Å². The molecule has 0 bridgehead atoms. The number of carbonyl (C=O) groups is 2. The summed E-state index contributed by atoms with van der Waals surface area (Å²) in [5, 5.41) is 3.33. The second-order valence-electron chi connectivity index (χ2n) is 9.77. The number of amides is 1. The number of ether oxygens (including phenoxy) is 1. The number of unbranched alkanes of at least 4 members (excludes halogenated alkanes) is 1. The molecule has 9 heteroatoms. The van der Waals surface area contributed by atoms with Gasteiger partial charge in [-0.05, 0) is 68.0 Å². The summed E-state index contributed by atoms with van der Waals surface area (Å²) in [6.07, 6.45) is 1.24. The van der Waals surface area contributed by atoms with Gasteiger partial charge in [-0.25, -0.2) is 17.9 Å². The van der Waals surface area contributed by atoms with E-state index < -0.39 is 16.1 Å². The number of ketones is 1. The molecule has 2 aromatic carbocycles. The molecule has 0 radical (unpaired) electrons. The maximum Gasteiger partial charge on any atom is 0.421 e. The van der Waals surface area contributed by atoms with Gasteiger partial charge in [-0.1, -0.05) is 57.0 Å². The van der Waals surface area contributed by atoms with E-state index >= 15 is 0 Å². The van der Waals surface area contributed by atoms with Gasteiger partial charge < -0.3 is 10.1 Å². The molecule has 1 heterocycles. The second kappa shape index (κ2) is 13.1. The molecule has 7 nitrogen and oxygen atoms in total. The van der Waals surface area contributed by atoms with Crippen molar-refractivity contribution in [1.29, 1.82) is 0 Å². The van der Waals surface area contributed by atoms with Gasteiger partial charge in [0.15, 0.2) is 5.78 Å². The highest BCUT2D eigenvalue weighted by atomic mass is 32.2. The third-order valence-corrected chi connectivity index (χ3v) is 8.83. The minimum atomic E-state index is -4.14. The van der Waals surface area contributed by atoms with Crippen LogP contribution in [0.1, 0.15) is 66.9 Å². The Hall–Kier alpha value is -3.17. The lowest BCUT2D eigenvalue weighted by atomic mass is 10.0. The van der Waals surface area contributed by atoms with Crippen LogP contribution < -0.4 is 10.0 Å². The zero-order valence-electron chi connectivity index (χ0n) is 22.6. The van der Waals surface area contributed by atoms with Gasteiger partial charge in [0.25, 0.3) is 10.0 Å². The molecule has 0 unspecified atom stereocenters. The van der Waals surface area contributed by atoms with Gasteiger partial charge >= 0.3 is 6.09 Å². The number of hydrogen-bond donors (Lipinski definition) is 2. The third-order valence-electron chi connectivity index (χ3n) is 5.83. The summed E-state index contributed by atoms with van der Waals surface area (Å²) < 4.78 is 33.7. The van der Waals surface area contributed by atoms with Crippen molar-refractivity contribution in [3.8, 4) is 11.1 Å². The number of thiophene rings is 1. The van der Waals surface area contributed by atoms with Crippen LogP contribution in [-0.2, 0) is 27.7 Å². The number of hydrogen-bond acceptors (Lipinski definition) is 7. The first kappa shape index (κ1) is 29.4. The van der Waals surface area contributed by atoms with Crippen molar-refractivity contribution in [2.45, 2.75) is 64.6 Å². The summed E-state index contributed by atoms with van der Waals surface area (Å²) >= 11 is 1.17. The van der Waals surface area contributed by atoms with Crippen LogP contribution in [0.3, 0.4) is 0 Å². The molecule has 0 saturated heterocycles. The number of rotatable bonds is 12. The van der Waals surface area contributed by atoms with Gasteiger partial charge in [0, 0.05) is 28.2 Å². The summed E-state index contributed by atoms with van der Waals surface area (Å²) in [4.78, 5) is 25.2. The van der Waals surface area contributed by atoms with Gasteiger partial charge in [-0.15, -0.1) is 11.3 Å². The average Bonchev–Trinajstić information content (AvgIpc) is 3.27. The molecule has 3 aromatic rings. The van der Waals surface area contributed by atoms with Crippen LogP contribution in [0.5, 0.6) is 0 Å². The minimum absolute atomic E-state index is 0.0172. The fourth-order valence-electron chi connectivity index (χ4n) is 3.97. The zero-order valence-corrected chi connectivity index (χ0v) is 24.2. The van der Waals surface area contributed by atoms with Crippen LogP contribution in [0.2, 0.25) is 0 Å². The topological polar surface area (TPSA) is 102 Å². The Morgan fingerprint density at radius 2 is 1.84 bits per heavy atom. The molecule has 0 fully saturated rings. The molecular weight excluding hydrogens is 520 g/mol. The van der Waals surface area contributed by atoms with E-state index in [9.17, 15) is 18.0 Å². The highest BCUT2D eigenvalue weighted by molar-refractivity contribution is 7.92. The summed E-state index contributed by atoms with van der Waals surface area (Å²) in [5.41, 5.74) is 4.57. The number of benzene rings is 2. The highest BCUT2D eigenvalue weighted by Gasteiger charge is 2.26. The zero-order chi connectivity index (χ0) is 27.9. The van der Waals surface area contributed by atoms with Gasteiger partial charge in [0.05, 0.1) is 6.61 Å². The van der Waals surface area contributed by atoms with E-state index in [-0.39, 0.29) is 16.6 Å². The third kappa shape index (κ3) is 7.91. The highest BCUT2D eigenvalue weighted by Crippen LogP contribution is 2.36. The quantitative estimate of drug-likeness (QED) is 0.185. The van der Waals surface area contributed by atoms with Crippen molar-refractivity contribution < 1.29 is 22.7 Å². The maximum absolute atomic E-state index is 13.2. The summed E-state index contributed by atoms with van der Waals surface area (Å²) in [6.45, 7) is 10.2. The molecular formula is C29H36N2O5S2. The van der Waals surface area contributed by atoms with E-state index in [1.54, 1.807) is 6.92 Å². The Balaban J connectivity index is 1.90. The number of sulfonamides is 1. The summed E-state index contributed by atoms with van der Waals surface area (Å²) in [5.74, 6) is 0.320. The molecule has 0 aliphatic rings. The van der Waals surface area contributed by atoms with Crippen LogP contribution in [0.4, 0.5) is 10.5 Å². The Kier molecular flexibility index (Phi) is 10.1. The van der Waals surface area contributed by atoms with Crippen LogP contribution in [0, 0.1) is 12.8 Å². The first-order valence-corrected chi connectivity index (χ1v) is 15.1. The molecule has 2 N–H and O–H groups in total. The van der Waals surface area contributed by atoms with Crippen molar-refractivity contribution in [1.82, 2.24) is 4.72 Å². The van der Waals surface area contributed by atoms with Gasteiger partial charge in [-0.2, -0.15) is 0 Å². The number of Topliss-reactive ketones (excluding diaryl/α,β-unsaturated/α-hetero) is 1. The van der Waals surface area contributed by atoms with E-state index in [0.29, 0.717) is 30.0 Å². The molecule has 0 saturated carbocycles. The van der Waals surface area contributed by atoms with Crippen molar-refractivity contribution in [2.24, 2.45) is 5.92 Å². The molecule has 0 atom stereocenters. The van der Waals surface area contributed by atoms with E-state index in [0.717, 1.165) is 40.1 Å². The Morgan fingerprint density at radius 1 is 1.08 bits per heavy atom. The lowest BCUT2D eigenvalue weighted by Gasteiger charge is -2.12. The standard InChI is InChI=1S/C29H36N2O5S2/c1-6-7-13-36-29(33)31-38(34,35)28-26(17-24(37-28)14-19(2)3)23-10-8-9-22(16-23)18-30-27-12-11-20(4)15-25(27)21(5)32/h8-12,15-17,19,30H,6-7,13-14,18H2,1-5H3,(H,31,33).